The predicted octanol–water partition coefficient (Wildman–Crippen LogP) is 2.28. The SMILES string of the molecule is CCC(C)(C)C[C@H](NC(=O)Oc1ccoc1C)C(=O)NC1C(=O)COC1CCN(C)C. The number of ether oxygens (including phenoxy) is 2. The Morgan fingerprint density at radius 1 is 1.35 bits per heavy atom. The molecule has 1 fully saturated rings. The van der Waals surface area contributed by atoms with Crippen molar-refractivity contribution in [2.45, 2.75) is 65.1 Å². The topological polar surface area (TPSA) is 110 Å². The molecule has 2 N–H and O–H groups in total. The van der Waals surface area contributed by atoms with Gasteiger partial charge in [-0.2, -0.15) is 0 Å². The highest BCUT2D eigenvalue weighted by Gasteiger charge is 2.39. The van der Waals surface area contributed by atoms with Gasteiger partial charge in [-0.15, -0.1) is 0 Å². The molecule has 31 heavy (non-hydrogen) atoms. The minimum absolute atomic E-state index is 0.0244. The first kappa shape index (κ1) is 24.9. The predicted molar refractivity (Wildman–Crippen MR) is 115 cm³/mol. The Hall–Kier alpha value is -2.39. The molecule has 2 amide bonds. The second-order valence-electron chi connectivity index (χ2n) is 9.04. The van der Waals surface area contributed by atoms with Crippen molar-refractivity contribution < 1.29 is 28.3 Å². The standard InChI is InChI=1S/C22H35N3O6/c1-7-22(3,4)12-15(23-21(28)31-17-9-11-29-14(17)2)20(27)24-19-16(26)13-30-18(19)8-10-25(5)6/h9,11,15,18-19H,7-8,10,12-13H2,1-6H3,(H,23,28)(H,24,27)/t15-,18?,19?/m0/s1. The number of hydrogen-bond acceptors (Lipinski definition) is 7. The van der Waals surface area contributed by atoms with Gasteiger partial charge in [-0.25, -0.2) is 4.79 Å². The van der Waals surface area contributed by atoms with Crippen LogP contribution in [0.25, 0.3) is 0 Å². The molecule has 0 spiro atoms. The Bertz CT molecular complexity index is 773. The molecule has 0 aromatic carbocycles. The average Bonchev–Trinajstić information content (AvgIpc) is 3.25. The number of carbonyl (C=O) groups excluding carboxylic acids is 3. The molecule has 1 saturated heterocycles. The lowest BCUT2D eigenvalue weighted by Gasteiger charge is -2.29. The van der Waals surface area contributed by atoms with Crippen LogP contribution in [0.5, 0.6) is 5.75 Å². The minimum atomic E-state index is -0.863. The molecule has 9 heteroatoms. The van der Waals surface area contributed by atoms with E-state index in [-0.39, 0.29) is 29.7 Å². The van der Waals surface area contributed by atoms with Crippen LogP contribution >= 0.6 is 0 Å². The number of hydrogen-bond donors (Lipinski definition) is 2. The van der Waals surface area contributed by atoms with E-state index in [0.717, 1.165) is 13.0 Å². The number of ketones is 1. The number of furan rings is 1. The van der Waals surface area contributed by atoms with E-state index in [1.54, 1.807) is 6.92 Å². The van der Waals surface area contributed by atoms with Gasteiger partial charge in [0.15, 0.2) is 11.5 Å². The van der Waals surface area contributed by atoms with Gasteiger partial charge < -0.3 is 29.4 Å². The Morgan fingerprint density at radius 3 is 2.65 bits per heavy atom. The first-order valence-electron chi connectivity index (χ1n) is 10.6. The fourth-order valence-electron chi connectivity index (χ4n) is 3.30. The van der Waals surface area contributed by atoms with Crippen LogP contribution < -0.4 is 15.4 Å². The Morgan fingerprint density at radius 2 is 2.06 bits per heavy atom. The van der Waals surface area contributed by atoms with Crippen LogP contribution in [0.3, 0.4) is 0 Å². The summed E-state index contributed by atoms with van der Waals surface area (Å²) in [5.74, 6) is 0.153. The summed E-state index contributed by atoms with van der Waals surface area (Å²) < 4.78 is 16.0. The first-order valence-corrected chi connectivity index (χ1v) is 10.6. The molecule has 1 aromatic heterocycles. The molecule has 2 heterocycles. The van der Waals surface area contributed by atoms with Gasteiger partial charge in [0, 0.05) is 12.6 Å². The first-order chi connectivity index (χ1) is 14.5. The summed E-state index contributed by atoms with van der Waals surface area (Å²) in [5.41, 5.74) is -0.207. The molecule has 1 aliphatic heterocycles. The molecule has 1 aliphatic rings. The lowest BCUT2D eigenvalue weighted by molar-refractivity contribution is -0.128. The normalized spacial score (nSPS) is 20.0. The van der Waals surface area contributed by atoms with E-state index in [0.29, 0.717) is 18.6 Å². The van der Waals surface area contributed by atoms with E-state index in [1.807, 2.05) is 39.8 Å². The minimum Gasteiger partial charge on any atom is -0.466 e. The molecule has 2 unspecified atom stereocenters. The van der Waals surface area contributed by atoms with E-state index in [2.05, 4.69) is 10.6 Å². The number of Topliss-reactive ketones (excluding diaryl/α,β-unsaturated/α-hetero) is 1. The fourth-order valence-corrected chi connectivity index (χ4v) is 3.30. The summed E-state index contributed by atoms with van der Waals surface area (Å²) in [6.07, 6.45) is 2.09. The van der Waals surface area contributed by atoms with E-state index >= 15 is 0 Å². The Balaban J connectivity index is 2.09. The molecule has 0 bridgehead atoms. The summed E-state index contributed by atoms with van der Waals surface area (Å²) in [6, 6.07) is -0.0599. The van der Waals surface area contributed by atoms with Crippen molar-refractivity contribution in [3.63, 3.8) is 0 Å². The van der Waals surface area contributed by atoms with Gasteiger partial charge in [-0.3, -0.25) is 9.59 Å². The van der Waals surface area contributed by atoms with E-state index in [1.165, 1.54) is 12.3 Å². The summed E-state index contributed by atoms with van der Waals surface area (Å²) in [7, 11) is 3.87. The summed E-state index contributed by atoms with van der Waals surface area (Å²) in [6.45, 7) is 8.43. The van der Waals surface area contributed by atoms with Crippen molar-refractivity contribution in [1.29, 1.82) is 0 Å². The zero-order valence-electron chi connectivity index (χ0n) is 19.3. The number of aryl methyl sites for hydroxylation is 1. The van der Waals surface area contributed by atoms with Crippen molar-refractivity contribution in [1.82, 2.24) is 15.5 Å². The quantitative estimate of drug-likeness (QED) is 0.578. The van der Waals surface area contributed by atoms with Gasteiger partial charge in [0.05, 0.1) is 12.4 Å². The number of amides is 2. The van der Waals surface area contributed by atoms with Crippen molar-refractivity contribution in [2.24, 2.45) is 5.41 Å². The maximum atomic E-state index is 13.1. The fraction of sp³-hybridized carbons (Fsp3) is 0.682. The van der Waals surface area contributed by atoms with Crippen molar-refractivity contribution >= 4 is 17.8 Å². The molecule has 2 rings (SSSR count). The lowest BCUT2D eigenvalue weighted by atomic mass is 9.83. The van der Waals surface area contributed by atoms with Gasteiger partial charge in [0.1, 0.15) is 24.5 Å². The van der Waals surface area contributed by atoms with Gasteiger partial charge >= 0.3 is 6.09 Å². The molecule has 1 aromatic rings. The largest absolute Gasteiger partial charge is 0.466 e. The van der Waals surface area contributed by atoms with Gasteiger partial charge in [-0.05, 0) is 39.3 Å². The zero-order valence-corrected chi connectivity index (χ0v) is 19.3. The highest BCUT2D eigenvalue weighted by molar-refractivity contribution is 5.94. The van der Waals surface area contributed by atoms with Crippen LogP contribution in [-0.2, 0) is 14.3 Å². The third-order valence-electron chi connectivity index (χ3n) is 5.65. The summed E-state index contributed by atoms with van der Waals surface area (Å²) >= 11 is 0. The summed E-state index contributed by atoms with van der Waals surface area (Å²) in [4.78, 5) is 39.9. The molecule has 0 aliphatic carbocycles. The molecule has 3 atom stereocenters. The molecule has 174 valence electrons. The Labute approximate surface area is 183 Å². The maximum Gasteiger partial charge on any atom is 0.413 e. The maximum absolute atomic E-state index is 13.1. The molecule has 0 radical (unpaired) electrons. The van der Waals surface area contributed by atoms with Gasteiger partial charge in [-0.1, -0.05) is 27.2 Å². The van der Waals surface area contributed by atoms with Crippen LogP contribution in [-0.4, -0.2) is 68.1 Å². The second kappa shape index (κ2) is 10.8. The van der Waals surface area contributed by atoms with Crippen LogP contribution in [0, 0.1) is 12.3 Å². The van der Waals surface area contributed by atoms with Crippen LogP contribution in [0.1, 0.15) is 45.8 Å². The number of nitrogens with zero attached hydrogens (tertiary/aromatic N) is 1. The molecular weight excluding hydrogens is 402 g/mol. The smallest absolute Gasteiger partial charge is 0.413 e. The summed E-state index contributed by atoms with van der Waals surface area (Å²) in [5, 5.41) is 5.46. The van der Waals surface area contributed by atoms with E-state index < -0.39 is 24.1 Å². The van der Waals surface area contributed by atoms with Crippen molar-refractivity contribution in [3.8, 4) is 5.75 Å². The van der Waals surface area contributed by atoms with Crippen molar-refractivity contribution in [3.05, 3.63) is 18.1 Å². The molecule has 0 saturated carbocycles. The third-order valence-corrected chi connectivity index (χ3v) is 5.65. The molecule has 9 nitrogen and oxygen atoms in total. The van der Waals surface area contributed by atoms with Crippen molar-refractivity contribution in [2.75, 3.05) is 27.2 Å². The van der Waals surface area contributed by atoms with E-state index in [4.69, 9.17) is 13.9 Å². The number of carbonyl (C=O) groups is 3. The van der Waals surface area contributed by atoms with Gasteiger partial charge in [0.25, 0.3) is 0 Å². The zero-order chi connectivity index (χ0) is 23.2. The number of nitrogens with one attached hydrogen (secondary N) is 2. The highest BCUT2D eigenvalue weighted by atomic mass is 16.6. The molecular formula is C22H35N3O6. The lowest BCUT2D eigenvalue weighted by Crippen LogP contribution is -2.55. The highest BCUT2D eigenvalue weighted by Crippen LogP contribution is 2.27. The van der Waals surface area contributed by atoms with Crippen LogP contribution in [0.4, 0.5) is 4.79 Å². The third kappa shape index (κ3) is 7.36. The number of rotatable bonds is 10. The average molecular weight is 438 g/mol. The van der Waals surface area contributed by atoms with E-state index in [9.17, 15) is 14.4 Å². The van der Waals surface area contributed by atoms with Gasteiger partial charge in [0.2, 0.25) is 5.91 Å². The second-order valence-corrected chi connectivity index (χ2v) is 9.04. The van der Waals surface area contributed by atoms with Crippen LogP contribution in [0.2, 0.25) is 0 Å². The monoisotopic (exact) mass is 437 g/mol. The van der Waals surface area contributed by atoms with Crippen LogP contribution in [0.15, 0.2) is 16.7 Å². The Kier molecular flexibility index (Phi) is 8.64.